The largest absolute Gasteiger partial charge is 0.488 e. The topological polar surface area (TPSA) is 21.3 Å². The number of hydrogen-bond acceptors (Lipinski definition) is 2. The van der Waals surface area contributed by atoms with E-state index in [0.717, 1.165) is 12.3 Å². The molecule has 0 spiro atoms. The Bertz CT molecular complexity index is 861. The molecule has 134 valence electrons. The fourth-order valence-electron chi connectivity index (χ4n) is 3.10. The van der Waals surface area contributed by atoms with Crippen molar-refractivity contribution in [3.63, 3.8) is 0 Å². The zero-order valence-electron chi connectivity index (χ0n) is 15.7. The third-order valence-electron chi connectivity index (χ3n) is 4.30. The Kier molecular flexibility index (Phi) is 6.44. The van der Waals surface area contributed by atoms with Crippen LogP contribution in [-0.2, 0) is 13.2 Å². The maximum Gasteiger partial charge on any atom is 0.130 e. The molecule has 0 aliphatic heterocycles. The first kappa shape index (κ1) is 18.6. The van der Waals surface area contributed by atoms with Crippen LogP contribution < -0.4 is 20.7 Å². The van der Waals surface area contributed by atoms with Gasteiger partial charge in [-0.2, -0.15) is 0 Å². The summed E-state index contributed by atoms with van der Waals surface area (Å²) in [6.45, 7) is 5.77. The predicted octanol–water partition coefficient (Wildman–Crippen LogP) is 4.23. The number of ether oxygens (including phenoxy) is 1. The third-order valence-corrected chi connectivity index (χ3v) is 5.70. The zero-order valence-corrected chi connectivity index (χ0v) is 16.7. The van der Waals surface area contributed by atoms with Gasteiger partial charge in [0.05, 0.1) is 0 Å². The van der Waals surface area contributed by atoms with Crippen molar-refractivity contribution in [2.45, 2.75) is 27.0 Å². The molecular weight excluding hydrogens is 337 g/mol. The second-order valence-corrected chi connectivity index (χ2v) is 7.87. The number of rotatable bonds is 7. The van der Waals surface area contributed by atoms with Crippen LogP contribution in [0.4, 0.5) is 0 Å². The van der Waals surface area contributed by atoms with Crippen LogP contribution >= 0.6 is 8.58 Å². The van der Waals surface area contributed by atoms with Gasteiger partial charge in [-0.15, -0.1) is 0 Å². The molecule has 3 heteroatoms. The molecule has 3 aromatic rings. The summed E-state index contributed by atoms with van der Waals surface area (Å²) in [5, 5.41) is 5.92. The van der Waals surface area contributed by atoms with E-state index in [1.807, 2.05) is 13.1 Å². The van der Waals surface area contributed by atoms with Crippen LogP contribution in [0.5, 0.6) is 5.75 Å². The van der Waals surface area contributed by atoms with E-state index in [4.69, 9.17) is 4.74 Å². The summed E-state index contributed by atoms with van der Waals surface area (Å²) in [4.78, 5) is 0. The van der Waals surface area contributed by atoms with E-state index < -0.39 is 0 Å². The summed E-state index contributed by atoms with van der Waals surface area (Å²) in [6.07, 6.45) is 0. The highest BCUT2D eigenvalue weighted by atomic mass is 31.1. The van der Waals surface area contributed by atoms with E-state index in [1.54, 1.807) is 0 Å². The van der Waals surface area contributed by atoms with Crippen LogP contribution in [0.3, 0.4) is 0 Å². The van der Waals surface area contributed by atoms with Crippen molar-refractivity contribution in [3.05, 3.63) is 89.0 Å². The minimum atomic E-state index is 0.580. The maximum absolute atomic E-state index is 6.27. The quantitative estimate of drug-likeness (QED) is 0.634. The fourth-order valence-corrected chi connectivity index (χ4v) is 4.59. The van der Waals surface area contributed by atoms with Gasteiger partial charge in [0.2, 0.25) is 0 Å². The molecule has 0 amide bonds. The van der Waals surface area contributed by atoms with Gasteiger partial charge >= 0.3 is 0 Å². The molecule has 0 saturated heterocycles. The summed E-state index contributed by atoms with van der Waals surface area (Å²) < 4.78 is 6.27. The predicted molar refractivity (Wildman–Crippen MR) is 113 cm³/mol. The molecule has 1 N–H and O–H groups in total. The summed E-state index contributed by atoms with van der Waals surface area (Å²) in [5.41, 5.74) is 5.02. The molecule has 2 nitrogen and oxygen atoms in total. The number of hydrogen-bond donors (Lipinski definition) is 1. The molecule has 1 unspecified atom stereocenters. The zero-order chi connectivity index (χ0) is 18.4. The Morgan fingerprint density at radius 2 is 1.62 bits per heavy atom. The molecule has 0 aliphatic carbocycles. The van der Waals surface area contributed by atoms with Crippen LogP contribution in [0.15, 0.2) is 66.7 Å². The lowest BCUT2D eigenvalue weighted by molar-refractivity contribution is 0.307. The van der Waals surface area contributed by atoms with Gasteiger partial charge in [0.25, 0.3) is 0 Å². The van der Waals surface area contributed by atoms with Crippen LogP contribution in [0, 0.1) is 13.8 Å². The lowest BCUT2D eigenvalue weighted by Crippen LogP contribution is -2.17. The molecule has 1 atom stereocenters. The Morgan fingerprint density at radius 3 is 2.38 bits per heavy atom. The summed E-state index contributed by atoms with van der Waals surface area (Å²) in [5.74, 6) is 1.03. The summed E-state index contributed by atoms with van der Waals surface area (Å²) >= 11 is 0. The molecule has 0 aromatic heterocycles. The van der Waals surface area contributed by atoms with Gasteiger partial charge in [0.1, 0.15) is 12.4 Å². The highest BCUT2D eigenvalue weighted by molar-refractivity contribution is 7.55. The van der Waals surface area contributed by atoms with Crippen molar-refractivity contribution in [2.75, 3.05) is 7.05 Å². The van der Waals surface area contributed by atoms with Crippen molar-refractivity contribution in [3.8, 4) is 5.75 Å². The van der Waals surface area contributed by atoms with Crippen LogP contribution in [0.25, 0.3) is 0 Å². The normalized spacial score (nSPS) is 11.2. The lowest BCUT2D eigenvalue weighted by atomic mass is 10.1. The monoisotopic (exact) mass is 363 g/mol. The average Bonchev–Trinajstić information content (AvgIpc) is 2.63. The minimum absolute atomic E-state index is 0.580. The molecule has 0 fully saturated rings. The van der Waals surface area contributed by atoms with Gasteiger partial charge in [0.15, 0.2) is 0 Å². The van der Waals surface area contributed by atoms with E-state index in [2.05, 4.69) is 79.8 Å². The standard InChI is InChI=1S/C23H26NOP/c1-17-13-18(2)23(25-16-19-9-5-4-6-10-19)22(14-17)26-21-12-8-7-11-20(21)15-24-3/h4-14,24,26H,15-16H2,1-3H3. The van der Waals surface area contributed by atoms with E-state index in [0.29, 0.717) is 15.2 Å². The first-order valence-corrected chi connectivity index (χ1v) is 9.95. The SMILES string of the molecule is CNCc1ccccc1Pc1cc(C)cc(C)c1OCc1ccccc1. The molecule has 0 bridgehead atoms. The van der Waals surface area contributed by atoms with Gasteiger partial charge in [-0.3, -0.25) is 0 Å². The van der Waals surface area contributed by atoms with Gasteiger partial charge in [-0.05, 0) is 54.5 Å². The third kappa shape index (κ3) is 4.72. The minimum Gasteiger partial charge on any atom is -0.488 e. The van der Waals surface area contributed by atoms with Gasteiger partial charge in [0, 0.05) is 11.8 Å². The Morgan fingerprint density at radius 1 is 0.885 bits per heavy atom. The molecule has 3 rings (SSSR count). The van der Waals surface area contributed by atoms with Crippen LogP contribution in [-0.4, -0.2) is 7.05 Å². The van der Waals surface area contributed by atoms with Gasteiger partial charge in [-0.25, -0.2) is 0 Å². The highest BCUT2D eigenvalue weighted by Gasteiger charge is 2.12. The van der Waals surface area contributed by atoms with E-state index in [-0.39, 0.29) is 0 Å². The lowest BCUT2D eigenvalue weighted by Gasteiger charge is -2.17. The molecule has 3 aromatic carbocycles. The smallest absolute Gasteiger partial charge is 0.130 e. The second-order valence-electron chi connectivity index (χ2n) is 6.55. The summed E-state index contributed by atoms with van der Waals surface area (Å²) in [7, 11) is 2.57. The number of aryl methyl sites for hydroxylation is 2. The Labute approximate surface area is 158 Å². The molecule has 0 radical (unpaired) electrons. The second kappa shape index (κ2) is 8.98. The van der Waals surface area contributed by atoms with E-state index in [1.165, 1.54) is 32.9 Å². The maximum atomic E-state index is 6.27. The molecule has 26 heavy (non-hydrogen) atoms. The molecule has 0 heterocycles. The molecule has 0 saturated carbocycles. The highest BCUT2D eigenvalue weighted by Crippen LogP contribution is 2.26. The Hall–Kier alpha value is -2.15. The van der Waals surface area contributed by atoms with E-state index in [9.17, 15) is 0 Å². The van der Waals surface area contributed by atoms with Crippen molar-refractivity contribution in [1.29, 1.82) is 0 Å². The van der Waals surface area contributed by atoms with Crippen LogP contribution in [0.1, 0.15) is 22.3 Å². The van der Waals surface area contributed by atoms with Gasteiger partial charge < -0.3 is 10.1 Å². The number of nitrogens with one attached hydrogen (secondary N) is 1. The Balaban J connectivity index is 1.89. The van der Waals surface area contributed by atoms with Gasteiger partial charge in [-0.1, -0.05) is 69.2 Å². The van der Waals surface area contributed by atoms with Crippen molar-refractivity contribution in [2.24, 2.45) is 0 Å². The van der Waals surface area contributed by atoms with Crippen LogP contribution in [0.2, 0.25) is 0 Å². The van der Waals surface area contributed by atoms with Crippen molar-refractivity contribution >= 4 is 19.2 Å². The first-order chi connectivity index (χ1) is 12.7. The van der Waals surface area contributed by atoms with E-state index >= 15 is 0 Å². The fraction of sp³-hybridized carbons (Fsp3) is 0.217. The molecule has 0 aliphatic rings. The van der Waals surface area contributed by atoms with Crippen molar-refractivity contribution < 1.29 is 4.74 Å². The summed E-state index contributed by atoms with van der Waals surface area (Å²) in [6, 6.07) is 23.5. The number of benzene rings is 3. The average molecular weight is 363 g/mol. The first-order valence-electron chi connectivity index (χ1n) is 8.95. The molecular formula is C23H26NOP. The van der Waals surface area contributed by atoms with Crippen molar-refractivity contribution in [1.82, 2.24) is 5.32 Å².